The van der Waals surface area contributed by atoms with Gasteiger partial charge in [0.05, 0.1) is 30.5 Å². The smallest absolute Gasteiger partial charge is 0.224 e. The molecule has 1 N–H and O–H groups in total. The molecule has 1 aromatic heterocycles. The van der Waals surface area contributed by atoms with E-state index in [1.54, 1.807) is 0 Å². The Morgan fingerprint density at radius 1 is 0.703 bits per heavy atom. The molecule has 6 aromatic rings. The fourth-order valence-corrected chi connectivity index (χ4v) is 4.91. The number of benzene rings is 5. The van der Waals surface area contributed by atoms with E-state index in [2.05, 4.69) is 82.7 Å². The summed E-state index contributed by atoms with van der Waals surface area (Å²) in [5, 5.41) is 5.55. The van der Waals surface area contributed by atoms with E-state index >= 15 is 0 Å². The first-order valence-corrected chi connectivity index (χ1v) is 12.6. The Morgan fingerprint density at radius 2 is 1.41 bits per heavy atom. The van der Waals surface area contributed by atoms with Gasteiger partial charge in [-0.2, -0.15) is 0 Å². The molecule has 0 bridgehead atoms. The number of nitrogens with zero attached hydrogens (tertiary/aromatic N) is 2. The van der Waals surface area contributed by atoms with Crippen molar-refractivity contribution in [2.24, 2.45) is 0 Å². The van der Waals surface area contributed by atoms with Gasteiger partial charge in [0.2, 0.25) is 5.91 Å². The Labute approximate surface area is 216 Å². The zero-order valence-electron chi connectivity index (χ0n) is 20.5. The van der Waals surface area contributed by atoms with Crippen LogP contribution in [0, 0.1) is 0 Å². The van der Waals surface area contributed by atoms with Crippen molar-refractivity contribution in [1.29, 1.82) is 0 Å². The van der Waals surface area contributed by atoms with Crippen molar-refractivity contribution in [2.45, 2.75) is 19.5 Å². The summed E-state index contributed by atoms with van der Waals surface area (Å²) in [6.45, 7) is 1.06. The van der Waals surface area contributed by atoms with E-state index < -0.39 is 0 Å². The van der Waals surface area contributed by atoms with Gasteiger partial charge in [-0.05, 0) is 45.2 Å². The number of fused-ring (bicyclic) bond motifs is 2. The van der Waals surface area contributed by atoms with E-state index in [9.17, 15) is 4.79 Å². The van der Waals surface area contributed by atoms with Crippen molar-refractivity contribution in [2.75, 3.05) is 0 Å². The lowest BCUT2D eigenvalue weighted by atomic mass is 10.0. The molecule has 0 saturated carbocycles. The topological polar surface area (TPSA) is 46.9 Å². The highest BCUT2D eigenvalue weighted by Gasteiger charge is 2.13. The Hall–Kier alpha value is -4.70. The van der Waals surface area contributed by atoms with Gasteiger partial charge in [0.15, 0.2) is 0 Å². The van der Waals surface area contributed by atoms with E-state index in [4.69, 9.17) is 4.98 Å². The van der Waals surface area contributed by atoms with E-state index in [0.717, 1.165) is 28.0 Å². The van der Waals surface area contributed by atoms with E-state index in [1.165, 1.54) is 21.9 Å². The third-order valence-corrected chi connectivity index (χ3v) is 6.81. The normalized spacial score (nSPS) is 11.1. The number of aromatic nitrogens is 2. The highest BCUT2D eigenvalue weighted by Crippen LogP contribution is 2.23. The minimum absolute atomic E-state index is 0.0174. The number of rotatable bonds is 7. The summed E-state index contributed by atoms with van der Waals surface area (Å²) in [5.74, 6) is 0.832. The number of nitrogens with one attached hydrogen (secondary N) is 1. The van der Waals surface area contributed by atoms with Gasteiger partial charge >= 0.3 is 0 Å². The molecule has 0 aliphatic carbocycles. The molecule has 0 saturated heterocycles. The lowest BCUT2D eigenvalue weighted by Gasteiger charge is -2.13. The van der Waals surface area contributed by atoms with Crippen LogP contribution in [0.5, 0.6) is 0 Å². The van der Waals surface area contributed by atoms with E-state index in [0.29, 0.717) is 19.5 Å². The van der Waals surface area contributed by atoms with Crippen molar-refractivity contribution in [1.82, 2.24) is 14.9 Å². The SMILES string of the molecule is O=C(Cc1ccc(-c2ccccc2)cc1)NCc1nc2ccccc2n1Cc1cccc2ccccc12. The standard InChI is InChI=1S/C33H27N3O/c37-33(21-24-17-19-26(20-18-24)25-9-2-1-3-10-25)34-22-32-35-30-15-6-7-16-31(30)36(32)23-28-13-8-12-27-11-4-5-14-29(27)28/h1-20H,21-23H2,(H,34,37). The van der Waals surface area contributed by atoms with Crippen LogP contribution in [0.4, 0.5) is 0 Å². The number of hydrogen-bond donors (Lipinski definition) is 1. The number of hydrogen-bond acceptors (Lipinski definition) is 2. The van der Waals surface area contributed by atoms with Crippen molar-refractivity contribution in [3.8, 4) is 11.1 Å². The summed E-state index contributed by atoms with van der Waals surface area (Å²) in [6, 6.07) is 41.4. The molecular formula is C33H27N3O. The van der Waals surface area contributed by atoms with Crippen LogP contribution in [0.2, 0.25) is 0 Å². The third kappa shape index (κ3) is 4.87. The van der Waals surface area contributed by atoms with Crippen LogP contribution in [0.25, 0.3) is 32.9 Å². The van der Waals surface area contributed by atoms with Crippen LogP contribution in [0.3, 0.4) is 0 Å². The fraction of sp³-hybridized carbons (Fsp3) is 0.0909. The van der Waals surface area contributed by atoms with Crippen LogP contribution in [-0.2, 0) is 24.3 Å². The van der Waals surface area contributed by atoms with Gasteiger partial charge in [0.25, 0.3) is 0 Å². The Kier molecular flexibility index (Phi) is 6.22. The Bertz CT molecular complexity index is 1680. The highest BCUT2D eigenvalue weighted by atomic mass is 16.1. The quantitative estimate of drug-likeness (QED) is 0.274. The molecule has 0 atom stereocenters. The number of carbonyl (C=O) groups is 1. The third-order valence-electron chi connectivity index (χ3n) is 6.81. The van der Waals surface area contributed by atoms with Gasteiger partial charge in [-0.3, -0.25) is 4.79 Å². The highest BCUT2D eigenvalue weighted by molar-refractivity contribution is 5.86. The second-order valence-electron chi connectivity index (χ2n) is 9.26. The van der Waals surface area contributed by atoms with Gasteiger partial charge in [0.1, 0.15) is 5.82 Å². The predicted octanol–water partition coefficient (Wildman–Crippen LogP) is 6.76. The maximum absolute atomic E-state index is 12.9. The minimum atomic E-state index is -0.0174. The predicted molar refractivity (Wildman–Crippen MR) is 150 cm³/mol. The summed E-state index contributed by atoms with van der Waals surface area (Å²) in [6.07, 6.45) is 0.332. The molecular weight excluding hydrogens is 454 g/mol. The largest absolute Gasteiger partial charge is 0.349 e. The van der Waals surface area contributed by atoms with Crippen LogP contribution >= 0.6 is 0 Å². The monoisotopic (exact) mass is 481 g/mol. The molecule has 37 heavy (non-hydrogen) atoms. The number of imidazole rings is 1. The first kappa shape index (κ1) is 22.7. The van der Waals surface area contributed by atoms with Crippen molar-refractivity contribution in [3.63, 3.8) is 0 Å². The summed E-state index contributed by atoms with van der Waals surface area (Å²) in [7, 11) is 0. The number of amides is 1. The molecule has 4 nitrogen and oxygen atoms in total. The fourth-order valence-electron chi connectivity index (χ4n) is 4.91. The molecule has 180 valence electrons. The van der Waals surface area contributed by atoms with Gasteiger partial charge in [-0.1, -0.05) is 109 Å². The summed E-state index contributed by atoms with van der Waals surface area (Å²) in [5.41, 5.74) is 6.53. The number of para-hydroxylation sites is 2. The van der Waals surface area contributed by atoms with Crippen LogP contribution in [0.15, 0.2) is 121 Å². The molecule has 0 spiro atoms. The molecule has 1 amide bonds. The average Bonchev–Trinajstić information content (AvgIpc) is 3.30. The lowest BCUT2D eigenvalue weighted by Crippen LogP contribution is -2.26. The first-order valence-electron chi connectivity index (χ1n) is 12.6. The molecule has 1 heterocycles. The van der Waals surface area contributed by atoms with Crippen LogP contribution in [0.1, 0.15) is 17.0 Å². The molecule has 0 aliphatic heterocycles. The van der Waals surface area contributed by atoms with Crippen molar-refractivity contribution >= 4 is 27.7 Å². The molecule has 0 aliphatic rings. The molecule has 0 fully saturated rings. The molecule has 0 unspecified atom stereocenters. The summed E-state index contributed by atoms with van der Waals surface area (Å²) >= 11 is 0. The summed E-state index contributed by atoms with van der Waals surface area (Å²) in [4.78, 5) is 17.7. The van der Waals surface area contributed by atoms with Crippen molar-refractivity contribution in [3.05, 3.63) is 138 Å². The van der Waals surface area contributed by atoms with Crippen LogP contribution in [-0.4, -0.2) is 15.5 Å². The molecule has 5 aromatic carbocycles. The van der Waals surface area contributed by atoms with Gasteiger partial charge < -0.3 is 9.88 Å². The summed E-state index contributed by atoms with van der Waals surface area (Å²) < 4.78 is 2.21. The van der Waals surface area contributed by atoms with Crippen molar-refractivity contribution < 1.29 is 4.79 Å². The van der Waals surface area contributed by atoms with E-state index in [-0.39, 0.29) is 5.91 Å². The Morgan fingerprint density at radius 3 is 2.27 bits per heavy atom. The van der Waals surface area contributed by atoms with Gasteiger partial charge in [0, 0.05) is 0 Å². The lowest BCUT2D eigenvalue weighted by molar-refractivity contribution is -0.120. The van der Waals surface area contributed by atoms with Gasteiger partial charge in [-0.15, -0.1) is 0 Å². The second-order valence-corrected chi connectivity index (χ2v) is 9.26. The maximum atomic E-state index is 12.9. The zero-order valence-corrected chi connectivity index (χ0v) is 20.5. The minimum Gasteiger partial charge on any atom is -0.349 e. The van der Waals surface area contributed by atoms with Gasteiger partial charge in [-0.25, -0.2) is 4.98 Å². The molecule has 0 radical (unpaired) electrons. The van der Waals surface area contributed by atoms with E-state index in [1.807, 2.05) is 48.5 Å². The number of carbonyl (C=O) groups excluding carboxylic acids is 1. The molecule has 4 heteroatoms. The maximum Gasteiger partial charge on any atom is 0.224 e. The second kappa shape index (κ2) is 10.1. The van der Waals surface area contributed by atoms with Crippen LogP contribution < -0.4 is 5.32 Å². The zero-order chi connectivity index (χ0) is 25.0. The average molecular weight is 482 g/mol. The molecule has 6 rings (SSSR count). The Balaban J connectivity index is 1.20. The first-order chi connectivity index (χ1) is 18.2.